The van der Waals surface area contributed by atoms with Crippen molar-refractivity contribution in [3.8, 4) is 0 Å². The van der Waals surface area contributed by atoms with Crippen LogP contribution in [0.1, 0.15) is 19.7 Å². The minimum absolute atomic E-state index is 0.248. The molecule has 0 aromatic carbocycles. The fraction of sp³-hybridized carbons (Fsp3) is 0.818. The third-order valence-corrected chi connectivity index (χ3v) is 2.18. The van der Waals surface area contributed by atoms with Crippen molar-refractivity contribution in [1.29, 1.82) is 0 Å². The number of nitrogens with zero attached hydrogens (tertiary/aromatic N) is 2. The Morgan fingerprint density at radius 1 is 1.22 bits per heavy atom. The Morgan fingerprint density at radius 3 is 2.67 bits per heavy atom. The lowest BCUT2D eigenvalue weighted by Gasteiger charge is -2.23. The second-order valence-corrected chi connectivity index (χ2v) is 4.61. The van der Waals surface area contributed by atoms with Gasteiger partial charge in [-0.05, 0) is 13.8 Å². The van der Waals surface area contributed by atoms with E-state index in [-0.39, 0.29) is 5.54 Å². The fourth-order valence-electron chi connectivity index (χ4n) is 1.43. The monoisotopic (exact) mass is 258 g/mol. The zero-order chi connectivity index (χ0) is 13.4. The quantitative estimate of drug-likeness (QED) is 0.629. The van der Waals surface area contributed by atoms with Gasteiger partial charge in [0.25, 0.3) is 0 Å². The Bertz CT molecular complexity index is 341. The maximum atomic E-state index is 5.45. The van der Waals surface area contributed by atoms with Gasteiger partial charge in [-0.25, -0.2) is 0 Å². The molecule has 1 aromatic rings. The standard InChI is InChI=1S/C11H22N4O3/c1-11(2,8-17-4)13-10-15-14-9(18-10)7-12-5-6-16-3/h12H,5-8H2,1-4H3,(H,13,15). The van der Waals surface area contributed by atoms with Crippen molar-refractivity contribution in [2.45, 2.75) is 25.9 Å². The number of aromatic nitrogens is 2. The molecule has 0 fully saturated rings. The van der Waals surface area contributed by atoms with Crippen molar-refractivity contribution in [2.24, 2.45) is 0 Å². The first kappa shape index (κ1) is 14.9. The highest BCUT2D eigenvalue weighted by Crippen LogP contribution is 2.13. The van der Waals surface area contributed by atoms with E-state index in [1.165, 1.54) is 0 Å². The molecular weight excluding hydrogens is 236 g/mol. The van der Waals surface area contributed by atoms with Gasteiger partial charge in [0.1, 0.15) is 0 Å². The Labute approximate surface area is 107 Å². The van der Waals surface area contributed by atoms with E-state index < -0.39 is 0 Å². The lowest BCUT2D eigenvalue weighted by Crippen LogP contribution is -2.36. The molecule has 0 atom stereocenters. The van der Waals surface area contributed by atoms with Crippen LogP contribution in [0.5, 0.6) is 0 Å². The molecule has 104 valence electrons. The molecule has 0 radical (unpaired) electrons. The van der Waals surface area contributed by atoms with Crippen LogP contribution < -0.4 is 10.6 Å². The van der Waals surface area contributed by atoms with Gasteiger partial charge in [0, 0.05) is 20.8 Å². The van der Waals surface area contributed by atoms with Crippen molar-refractivity contribution in [3.05, 3.63) is 5.89 Å². The highest BCUT2D eigenvalue weighted by molar-refractivity contribution is 5.22. The van der Waals surface area contributed by atoms with Crippen LogP contribution in [0.2, 0.25) is 0 Å². The number of rotatable bonds is 9. The van der Waals surface area contributed by atoms with Crippen LogP contribution in [0.4, 0.5) is 6.01 Å². The largest absolute Gasteiger partial charge is 0.407 e. The van der Waals surface area contributed by atoms with Crippen LogP contribution in [0.3, 0.4) is 0 Å². The topological polar surface area (TPSA) is 81.4 Å². The predicted molar refractivity (Wildman–Crippen MR) is 67.5 cm³/mol. The maximum Gasteiger partial charge on any atom is 0.316 e. The van der Waals surface area contributed by atoms with Gasteiger partial charge in [-0.1, -0.05) is 5.10 Å². The van der Waals surface area contributed by atoms with E-state index in [1.54, 1.807) is 14.2 Å². The molecule has 18 heavy (non-hydrogen) atoms. The van der Waals surface area contributed by atoms with Gasteiger partial charge in [0.2, 0.25) is 5.89 Å². The van der Waals surface area contributed by atoms with E-state index in [9.17, 15) is 0 Å². The Kier molecular flexibility index (Phi) is 6.03. The molecule has 0 amide bonds. The summed E-state index contributed by atoms with van der Waals surface area (Å²) in [5.74, 6) is 0.543. The first-order valence-corrected chi connectivity index (χ1v) is 5.86. The minimum Gasteiger partial charge on any atom is -0.407 e. The average molecular weight is 258 g/mol. The van der Waals surface area contributed by atoms with E-state index in [0.29, 0.717) is 31.7 Å². The van der Waals surface area contributed by atoms with E-state index >= 15 is 0 Å². The van der Waals surface area contributed by atoms with Crippen molar-refractivity contribution in [3.63, 3.8) is 0 Å². The van der Waals surface area contributed by atoms with E-state index in [2.05, 4.69) is 20.8 Å². The van der Waals surface area contributed by atoms with Gasteiger partial charge >= 0.3 is 6.01 Å². The summed E-state index contributed by atoms with van der Waals surface area (Å²) in [6, 6.07) is 0.403. The van der Waals surface area contributed by atoms with Crippen molar-refractivity contribution >= 4 is 6.01 Å². The molecule has 0 spiro atoms. The van der Waals surface area contributed by atoms with Crippen LogP contribution >= 0.6 is 0 Å². The molecule has 0 aliphatic carbocycles. The summed E-state index contributed by atoms with van der Waals surface area (Å²) in [5, 5.41) is 14.1. The minimum atomic E-state index is -0.248. The second kappa shape index (κ2) is 7.30. The lowest BCUT2D eigenvalue weighted by molar-refractivity contribution is 0.156. The van der Waals surface area contributed by atoms with Crippen LogP contribution in [-0.4, -0.2) is 49.7 Å². The number of nitrogens with one attached hydrogen (secondary N) is 2. The molecule has 7 heteroatoms. The molecule has 0 aliphatic heterocycles. The van der Waals surface area contributed by atoms with Gasteiger partial charge in [-0.15, -0.1) is 5.10 Å². The Morgan fingerprint density at radius 2 is 2.00 bits per heavy atom. The van der Waals surface area contributed by atoms with Crippen LogP contribution in [0.15, 0.2) is 4.42 Å². The van der Waals surface area contributed by atoms with Gasteiger partial charge in [-0.2, -0.15) is 0 Å². The van der Waals surface area contributed by atoms with Crippen LogP contribution in [-0.2, 0) is 16.0 Å². The summed E-state index contributed by atoms with van der Waals surface area (Å²) in [7, 11) is 3.32. The molecule has 0 unspecified atom stereocenters. The van der Waals surface area contributed by atoms with Gasteiger partial charge < -0.3 is 24.5 Å². The summed E-state index contributed by atoms with van der Waals surface area (Å²) in [5.41, 5.74) is -0.248. The van der Waals surface area contributed by atoms with Gasteiger partial charge in [-0.3, -0.25) is 0 Å². The summed E-state index contributed by atoms with van der Waals surface area (Å²) >= 11 is 0. The average Bonchev–Trinajstić information content (AvgIpc) is 2.71. The molecule has 0 saturated carbocycles. The SMILES string of the molecule is COCCNCc1nnc(NC(C)(C)COC)o1. The molecule has 0 saturated heterocycles. The van der Waals surface area contributed by atoms with Crippen LogP contribution in [0, 0.1) is 0 Å². The Hall–Kier alpha value is -1.18. The van der Waals surface area contributed by atoms with Crippen LogP contribution in [0.25, 0.3) is 0 Å². The predicted octanol–water partition coefficient (Wildman–Crippen LogP) is 0.642. The molecule has 1 aromatic heterocycles. The second-order valence-electron chi connectivity index (χ2n) is 4.61. The highest BCUT2D eigenvalue weighted by atomic mass is 16.5. The first-order chi connectivity index (χ1) is 8.57. The molecule has 7 nitrogen and oxygen atoms in total. The first-order valence-electron chi connectivity index (χ1n) is 5.86. The number of hydrogen-bond donors (Lipinski definition) is 2. The normalized spacial score (nSPS) is 11.8. The van der Waals surface area contributed by atoms with E-state index in [0.717, 1.165) is 6.54 Å². The third kappa shape index (κ3) is 5.44. The molecule has 1 heterocycles. The number of ether oxygens (including phenoxy) is 2. The summed E-state index contributed by atoms with van der Waals surface area (Å²) < 4.78 is 15.5. The smallest absolute Gasteiger partial charge is 0.316 e. The number of methoxy groups -OCH3 is 2. The third-order valence-electron chi connectivity index (χ3n) is 2.18. The van der Waals surface area contributed by atoms with E-state index in [1.807, 2.05) is 13.8 Å². The van der Waals surface area contributed by atoms with Gasteiger partial charge in [0.15, 0.2) is 0 Å². The van der Waals surface area contributed by atoms with Crippen molar-refractivity contribution in [1.82, 2.24) is 15.5 Å². The van der Waals surface area contributed by atoms with Crippen molar-refractivity contribution < 1.29 is 13.9 Å². The maximum absolute atomic E-state index is 5.45. The number of hydrogen-bond acceptors (Lipinski definition) is 7. The summed E-state index contributed by atoms with van der Waals surface area (Å²) in [6.45, 7) is 6.48. The van der Waals surface area contributed by atoms with Crippen molar-refractivity contribution in [2.75, 3.05) is 39.3 Å². The summed E-state index contributed by atoms with van der Waals surface area (Å²) in [6.07, 6.45) is 0. The van der Waals surface area contributed by atoms with Gasteiger partial charge in [0.05, 0.1) is 25.3 Å². The molecular formula is C11H22N4O3. The molecule has 1 rings (SSSR count). The van der Waals surface area contributed by atoms with E-state index in [4.69, 9.17) is 13.9 Å². The highest BCUT2D eigenvalue weighted by Gasteiger charge is 2.20. The molecule has 0 bridgehead atoms. The molecule has 2 N–H and O–H groups in total. The Balaban J connectivity index is 2.38. The number of anilines is 1. The molecule has 0 aliphatic rings. The fourth-order valence-corrected chi connectivity index (χ4v) is 1.43. The lowest BCUT2D eigenvalue weighted by atomic mass is 10.1. The zero-order valence-electron chi connectivity index (χ0n) is 11.4. The zero-order valence-corrected chi connectivity index (χ0v) is 11.4. The summed E-state index contributed by atoms with van der Waals surface area (Å²) in [4.78, 5) is 0.